The van der Waals surface area contributed by atoms with Crippen molar-refractivity contribution < 1.29 is 9.53 Å². The minimum absolute atomic E-state index is 0.0559. The molecule has 0 aliphatic carbocycles. The molecule has 0 spiro atoms. The Morgan fingerprint density at radius 2 is 2.06 bits per heavy atom. The fraction of sp³-hybridized carbons (Fsp3) is 0.500. The van der Waals surface area contributed by atoms with Crippen LogP contribution in [0.25, 0.3) is 0 Å². The largest absolute Gasteiger partial charge is 0.492 e. The Morgan fingerprint density at radius 3 is 2.61 bits per heavy atom. The minimum atomic E-state index is -0.181. The Balaban J connectivity index is 2.80. The zero-order chi connectivity index (χ0) is 13.5. The first kappa shape index (κ1) is 14.5. The standard InChI is InChI=1S/C14H22N2O2/c1-4-18-13-8-6-5-7-12(13)16-14(17)11(9-15)10(2)3/h5-8,10-11H,4,9,15H2,1-3H3,(H,16,17). The van der Waals surface area contributed by atoms with Gasteiger partial charge in [0.05, 0.1) is 18.2 Å². The van der Waals surface area contributed by atoms with Crippen LogP contribution in [0.15, 0.2) is 24.3 Å². The number of hydrogen-bond acceptors (Lipinski definition) is 3. The third kappa shape index (κ3) is 3.74. The second-order valence-corrected chi connectivity index (χ2v) is 4.50. The van der Waals surface area contributed by atoms with E-state index >= 15 is 0 Å². The summed E-state index contributed by atoms with van der Waals surface area (Å²) in [5.41, 5.74) is 6.33. The van der Waals surface area contributed by atoms with E-state index in [9.17, 15) is 4.79 Å². The molecule has 1 rings (SSSR count). The average Bonchev–Trinajstić information content (AvgIpc) is 2.32. The van der Waals surface area contributed by atoms with Gasteiger partial charge in [0.25, 0.3) is 0 Å². The first-order valence-electron chi connectivity index (χ1n) is 6.32. The smallest absolute Gasteiger partial charge is 0.229 e. The van der Waals surface area contributed by atoms with Crippen molar-refractivity contribution in [1.82, 2.24) is 0 Å². The maximum absolute atomic E-state index is 12.1. The molecular weight excluding hydrogens is 228 g/mol. The highest BCUT2D eigenvalue weighted by Gasteiger charge is 2.21. The van der Waals surface area contributed by atoms with Crippen molar-refractivity contribution in [2.75, 3.05) is 18.5 Å². The summed E-state index contributed by atoms with van der Waals surface area (Å²) in [7, 11) is 0. The molecule has 4 nitrogen and oxygen atoms in total. The van der Waals surface area contributed by atoms with Gasteiger partial charge in [-0.2, -0.15) is 0 Å². The quantitative estimate of drug-likeness (QED) is 0.814. The van der Waals surface area contributed by atoms with Crippen LogP contribution in [0.2, 0.25) is 0 Å². The summed E-state index contributed by atoms with van der Waals surface area (Å²) in [6.07, 6.45) is 0. The number of nitrogens with one attached hydrogen (secondary N) is 1. The number of para-hydroxylation sites is 2. The van der Waals surface area contributed by atoms with Gasteiger partial charge in [-0.25, -0.2) is 0 Å². The monoisotopic (exact) mass is 250 g/mol. The van der Waals surface area contributed by atoms with Crippen LogP contribution in [-0.2, 0) is 4.79 Å². The molecule has 0 bridgehead atoms. The van der Waals surface area contributed by atoms with Gasteiger partial charge in [-0.05, 0) is 25.0 Å². The van der Waals surface area contributed by atoms with Crippen LogP contribution in [0.1, 0.15) is 20.8 Å². The molecule has 0 aliphatic rings. The van der Waals surface area contributed by atoms with E-state index < -0.39 is 0 Å². The predicted molar refractivity (Wildman–Crippen MR) is 73.6 cm³/mol. The molecule has 18 heavy (non-hydrogen) atoms. The second kappa shape index (κ2) is 7.01. The minimum Gasteiger partial charge on any atom is -0.492 e. The molecule has 0 radical (unpaired) electrons. The summed E-state index contributed by atoms with van der Waals surface area (Å²) in [5, 5.41) is 2.88. The molecule has 0 saturated heterocycles. The van der Waals surface area contributed by atoms with Crippen LogP contribution >= 0.6 is 0 Å². The van der Waals surface area contributed by atoms with Gasteiger partial charge in [0.15, 0.2) is 0 Å². The number of carbonyl (C=O) groups excluding carboxylic acids is 1. The summed E-state index contributed by atoms with van der Waals surface area (Å²) in [5.74, 6) is 0.668. The van der Waals surface area contributed by atoms with E-state index in [1.807, 2.05) is 45.0 Å². The SMILES string of the molecule is CCOc1ccccc1NC(=O)C(CN)C(C)C. The second-order valence-electron chi connectivity index (χ2n) is 4.50. The Hall–Kier alpha value is -1.55. The highest BCUT2D eigenvalue weighted by molar-refractivity contribution is 5.94. The molecule has 0 fully saturated rings. The van der Waals surface area contributed by atoms with Gasteiger partial charge in [-0.3, -0.25) is 4.79 Å². The first-order chi connectivity index (χ1) is 8.60. The van der Waals surface area contributed by atoms with E-state index in [-0.39, 0.29) is 17.7 Å². The Bertz CT molecular complexity index is 391. The lowest BCUT2D eigenvalue weighted by atomic mass is 9.95. The fourth-order valence-electron chi connectivity index (χ4n) is 1.76. The van der Waals surface area contributed by atoms with Gasteiger partial charge >= 0.3 is 0 Å². The number of nitrogens with two attached hydrogens (primary N) is 1. The lowest BCUT2D eigenvalue weighted by Gasteiger charge is -2.19. The van der Waals surface area contributed by atoms with Crippen molar-refractivity contribution in [3.63, 3.8) is 0 Å². The third-order valence-corrected chi connectivity index (χ3v) is 2.84. The molecular formula is C14H22N2O2. The van der Waals surface area contributed by atoms with Crippen molar-refractivity contribution in [2.45, 2.75) is 20.8 Å². The summed E-state index contributed by atoms with van der Waals surface area (Å²) in [6.45, 7) is 6.81. The van der Waals surface area contributed by atoms with Crippen molar-refractivity contribution >= 4 is 11.6 Å². The highest BCUT2D eigenvalue weighted by Crippen LogP contribution is 2.24. The molecule has 0 heterocycles. The summed E-state index contributed by atoms with van der Waals surface area (Å²) in [4.78, 5) is 12.1. The van der Waals surface area contributed by atoms with E-state index in [0.29, 0.717) is 24.6 Å². The summed E-state index contributed by atoms with van der Waals surface area (Å²) >= 11 is 0. The van der Waals surface area contributed by atoms with E-state index in [0.717, 1.165) is 0 Å². The van der Waals surface area contributed by atoms with Crippen LogP contribution < -0.4 is 15.8 Å². The van der Waals surface area contributed by atoms with Gasteiger partial charge in [-0.1, -0.05) is 26.0 Å². The lowest BCUT2D eigenvalue weighted by molar-refractivity contribution is -0.120. The molecule has 100 valence electrons. The van der Waals surface area contributed by atoms with Crippen molar-refractivity contribution in [3.8, 4) is 5.75 Å². The Kier molecular flexibility index (Phi) is 5.65. The Labute approximate surface area is 109 Å². The van der Waals surface area contributed by atoms with E-state index in [2.05, 4.69) is 5.32 Å². The van der Waals surface area contributed by atoms with Crippen molar-refractivity contribution in [2.24, 2.45) is 17.6 Å². The molecule has 4 heteroatoms. The van der Waals surface area contributed by atoms with E-state index in [1.165, 1.54) is 0 Å². The van der Waals surface area contributed by atoms with Crippen molar-refractivity contribution in [3.05, 3.63) is 24.3 Å². The molecule has 3 N–H and O–H groups in total. The molecule has 1 aromatic rings. The maximum Gasteiger partial charge on any atom is 0.229 e. The zero-order valence-corrected chi connectivity index (χ0v) is 11.3. The maximum atomic E-state index is 12.1. The number of hydrogen-bond donors (Lipinski definition) is 2. The predicted octanol–water partition coefficient (Wildman–Crippen LogP) is 2.25. The number of carbonyl (C=O) groups is 1. The van der Waals surface area contributed by atoms with Gasteiger partial charge in [0.2, 0.25) is 5.91 Å². The van der Waals surface area contributed by atoms with Gasteiger partial charge in [-0.15, -0.1) is 0 Å². The number of amides is 1. The highest BCUT2D eigenvalue weighted by atomic mass is 16.5. The fourth-order valence-corrected chi connectivity index (χ4v) is 1.76. The normalized spacial score (nSPS) is 12.3. The molecule has 1 amide bonds. The molecule has 0 aliphatic heterocycles. The Morgan fingerprint density at radius 1 is 1.39 bits per heavy atom. The molecule has 1 unspecified atom stereocenters. The number of rotatable bonds is 6. The molecule has 1 aromatic carbocycles. The summed E-state index contributed by atoms with van der Waals surface area (Å²) < 4.78 is 5.47. The zero-order valence-electron chi connectivity index (χ0n) is 11.3. The van der Waals surface area contributed by atoms with E-state index in [1.54, 1.807) is 0 Å². The lowest BCUT2D eigenvalue weighted by Crippen LogP contribution is -2.33. The van der Waals surface area contributed by atoms with Crippen LogP contribution in [-0.4, -0.2) is 19.1 Å². The van der Waals surface area contributed by atoms with Crippen LogP contribution in [0, 0.1) is 11.8 Å². The molecule has 1 atom stereocenters. The van der Waals surface area contributed by atoms with Gasteiger partial charge in [0.1, 0.15) is 5.75 Å². The van der Waals surface area contributed by atoms with Crippen molar-refractivity contribution in [1.29, 1.82) is 0 Å². The number of benzene rings is 1. The number of ether oxygens (including phenoxy) is 1. The van der Waals surface area contributed by atoms with Crippen LogP contribution in [0.4, 0.5) is 5.69 Å². The number of anilines is 1. The molecule has 0 saturated carbocycles. The first-order valence-corrected chi connectivity index (χ1v) is 6.32. The van der Waals surface area contributed by atoms with Gasteiger partial charge < -0.3 is 15.8 Å². The third-order valence-electron chi connectivity index (χ3n) is 2.84. The summed E-state index contributed by atoms with van der Waals surface area (Å²) in [6, 6.07) is 7.41. The molecule has 0 aromatic heterocycles. The van der Waals surface area contributed by atoms with Crippen LogP contribution in [0.3, 0.4) is 0 Å². The van der Waals surface area contributed by atoms with Crippen LogP contribution in [0.5, 0.6) is 5.75 Å². The van der Waals surface area contributed by atoms with E-state index in [4.69, 9.17) is 10.5 Å². The topological polar surface area (TPSA) is 64.3 Å². The average molecular weight is 250 g/mol. The van der Waals surface area contributed by atoms with Gasteiger partial charge in [0, 0.05) is 6.54 Å².